The van der Waals surface area contributed by atoms with Gasteiger partial charge in [0.2, 0.25) is 0 Å². The van der Waals surface area contributed by atoms with Crippen LogP contribution in [0.4, 0.5) is 0 Å². The molecule has 0 atom stereocenters. The summed E-state index contributed by atoms with van der Waals surface area (Å²) >= 11 is 0. The fourth-order valence-electron chi connectivity index (χ4n) is 0.596. The van der Waals surface area contributed by atoms with Crippen molar-refractivity contribution in [2.45, 2.75) is 6.92 Å². The highest BCUT2D eigenvalue weighted by atomic mass is 15.1. The summed E-state index contributed by atoms with van der Waals surface area (Å²) < 4.78 is 0. The first-order valence-electron chi connectivity index (χ1n) is 3.53. The second-order valence-corrected chi connectivity index (χ2v) is 2.23. The molecule has 0 rings (SSSR count). The first-order chi connectivity index (χ1) is 5.22. The van der Waals surface area contributed by atoms with Gasteiger partial charge in [-0.15, -0.1) is 0 Å². The maximum absolute atomic E-state index is 3.62. The van der Waals surface area contributed by atoms with E-state index in [1.165, 1.54) is 0 Å². The van der Waals surface area contributed by atoms with Gasteiger partial charge in [0.05, 0.1) is 0 Å². The van der Waals surface area contributed by atoms with E-state index in [2.05, 4.69) is 13.2 Å². The van der Waals surface area contributed by atoms with E-state index in [1.807, 2.05) is 37.2 Å². The summed E-state index contributed by atoms with van der Waals surface area (Å²) in [6.07, 6.45) is 9.31. The Morgan fingerprint density at radius 3 is 2.36 bits per heavy atom. The quantitative estimate of drug-likeness (QED) is 0.555. The first kappa shape index (κ1) is 9.76. The molecule has 0 aromatic carbocycles. The smallest absolute Gasteiger partial charge is 0.0140 e. The zero-order chi connectivity index (χ0) is 8.69. The minimum atomic E-state index is 1.15. The molecule has 0 aromatic rings. The van der Waals surface area contributed by atoms with E-state index < -0.39 is 0 Å². The molecule has 0 heterocycles. The highest BCUT2D eigenvalue weighted by Gasteiger charge is 1.89. The molecule has 0 saturated carbocycles. The lowest BCUT2D eigenvalue weighted by atomic mass is 10.4. The molecule has 0 amide bonds. The average Bonchev–Trinajstić information content (AvgIpc) is 2.00. The van der Waals surface area contributed by atoms with Gasteiger partial charge in [0, 0.05) is 18.9 Å². The fourth-order valence-corrected chi connectivity index (χ4v) is 0.596. The van der Waals surface area contributed by atoms with Crippen LogP contribution in [-0.4, -0.2) is 11.9 Å². The molecule has 0 saturated heterocycles. The van der Waals surface area contributed by atoms with E-state index in [4.69, 9.17) is 0 Å². The molecule has 0 aliphatic heterocycles. The first-order valence-corrected chi connectivity index (χ1v) is 3.53. The highest BCUT2D eigenvalue weighted by molar-refractivity contribution is 5.10. The maximum Gasteiger partial charge on any atom is 0.0140 e. The Kier molecular flexibility index (Phi) is 4.91. The number of hydrogen-bond acceptors (Lipinski definition) is 1. The highest BCUT2D eigenvalue weighted by Crippen LogP contribution is 1.99. The van der Waals surface area contributed by atoms with Crippen molar-refractivity contribution in [2.75, 3.05) is 7.05 Å². The van der Waals surface area contributed by atoms with Gasteiger partial charge in [-0.2, -0.15) is 0 Å². The van der Waals surface area contributed by atoms with Gasteiger partial charge in [-0.3, -0.25) is 0 Å². The molecule has 0 bridgehead atoms. The largest absolute Gasteiger partial charge is 0.355 e. The van der Waals surface area contributed by atoms with E-state index in [1.54, 1.807) is 12.2 Å². The van der Waals surface area contributed by atoms with Crippen LogP contribution < -0.4 is 0 Å². The normalized spacial score (nSPS) is 11.6. The van der Waals surface area contributed by atoms with Gasteiger partial charge in [0.1, 0.15) is 0 Å². The molecular weight excluding hydrogens is 134 g/mol. The molecule has 1 heteroatoms. The van der Waals surface area contributed by atoms with Gasteiger partial charge < -0.3 is 4.90 Å². The van der Waals surface area contributed by atoms with Crippen LogP contribution in [0.3, 0.4) is 0 Å². The number of allylic oxidation sites excluding steroid dienone is 5. The molecule has 0 aromatic heterocycles. The maximum atomic E-state index is 3.62. The van der Waals surface area contributed by atoms with Gasteiger partial charge in [0.15, 0.2) is 0 Å². The Labute approximate surface area is 69.0 Å². The Morgan fingerprint density at radius 1 is 1.27 bits per heavy atom. The van der Waals surface area contributed by atoms with Gasteiger partial charge in [-0.25, -0.2) is 0 Å². The summed E-state index contributed by atoms with van der Waals surface area (Å²) in [7, 11) is 1.98. The summed E-state index contributed by atoms with van der Waals surface area (Å²) in [5.74, 6) is 0. The van der Waals surface area contributed by atoms with Crippen LogP contribution in [-0.2, 0) is 0 Å². The minimum absolute atomic E-state index is 1.15. The van der Waals surface area contributed by atoms with E-state index in [0.717, 1.165) is 5.70 Å². The second-order valence-electron chi connectivity index (χ2n) is 2.23. The molecule has 0 N–H and O–H groups in total. The van der Waals surface area contributed by atoms with Crippen LogP contribution in [0.25, 0.3) is 0 Å². The summed E-state index contributed by atoms with van der Waals surface area (Å²) in [5, 5.41) is 0. The Hall–Kier alpha value is -1.24. The van der Waals surface area contributed by atoms with E-state index >= 15 is 0 Å². The molecule has 11 heavy (non-hydrogen) atoms. The third kappa shape index (κ3) is 4.20. The monoisotopic (exact) mass is 149 g/mol. The molecule has 60 valence electrons. The van der Waals surface area contributed by atoms with Gasteiger partial charge in [-0.05, 0) is 19.1 Å². The van der Waals surface area contributed by atoms with Crippen LogP contribution in [0, 0.1) is 0 Å². The third-order valence-electron chi connectivity index (χ3n) is 1.36. The number of nitrogens with zero attached hydrogens (tertiary/aromatic N) is 1. The van der Waals surface area contributed by atoms with Crippen molar-refractivity contribution >= 4 is 0 Å². The average molecular weight is 149 g/mol. The Morgan fingerprint density at radius 2 is 1.91 bits per heavy atom. The lowest BCUT2D eigenvalue weighted by Crippen LogP contribution is -2.06. The standard InChI is InChI=1S/C10H15N/c1-5-7-9-11(4)10(3)8-6-2/h5-9H,1-2H2,3-4H3/b9-7-,10-8-. The summed E-state index contributed by atoms with van der Waals surface area (Å²) in [4.78, 5) is 2.00. The fraction of sp³-hybridized carbons (Fsp3) is 0.200. The van der Waals surface area contributed by atoms with Crippen molar-refractivity contribution in [2.24, 2.45) is 0 Å². The molecule has 0 aliphatic rings. The molecular formula is C10H15N. The zero-order valence-electron chi connectivity index (χ0n) is 7.25. The van der Waals surface area contributed by atoms with Crippen LogP contribution >= 0.6 is 0 Å². The molecule has 0 aliphatic carbocycles. The predicted molar refractivity (Wildman–Crippen MR) is 51.1 cm³/mol. The molecule has 0 spiro atoms. The summed E-state index contributed by atoms with van der Waals surface area (Å²) in [6, 6.07) is 0. The summed E-state index contributed by atoms with van der Waals surface area (Å²) in [6.45, 7) is 9.22. The van der Waals surface area contributed by atoms with Crippen molar-refractivity contribution < 1.29 is 0 Å². The SMILES string of the molecule is C=C/C=C\N(C)/C(C)=C\C=C. The predicted octanol–water partition coefficient (Wildman–Crippen LogP) is 2.71. The Balaban J connectivity index is 4.11. The van der Waals surface area contributed by atoms with Crippen molar-refractivity contribution in [1.82, 2.24) is 4.90 Å². The second kappa shape index (κ2) is 5.54. The topological polar surface area (TPSA) is 3.24 Å². The molecule has 0 unspecified atom stereocenters. The minimum Gasteiger partial charge on any atom is -0.355 e. The molecule has 0 fully saturated rings. The van der Waals surface area contributed by atoms with Crippen molar-refractivity contribution in [3.63, 3.8) is 0 Å². The molecule has 0 radical (unpaired) electrons. The zero-order valence-corrected chi connectivity index (χ0v) is 7.25. The third-order valence-corrected chi connectivity index (χ3v) is 1.36. The van der Waals surface area contributed by atoms with E-state index in [9.17, 15) is 0 Å². The molecule has 1 nitrogen and oxygen atoms in total. The lowest BCUT2D eigenvalue weighted by molar-refractivity contribution is 0.570. The lowest BCUT2D eigenvalue weighted by Gasteiger charge is -2.12. The van der Waals surface area contributed by atoms with E-state index in [0.29, 0.717) is 0 Å². The van der Waals surface area contributed by atoms with Gasteiger partial charge in [-0.1, -0.05) is 25.3 Å². The van der Waals surface area contributed by atoms with Crippen molar-refractivity contribution in [3.8, 4) is 0 Å². The van der Waals surface area contributed by atoms with Crippen LogP contribution in [0.15, 0.2) is 49.4 Å². The number of rotatable bonds is 4. The van der Waals surface area contributed by atoms with Crippen LogP contribution in [0.1, 0.15) is 6.92 Å². The number of hydrogen-bond donors (Lipinski definition) is 0. The van der Waals surface area contributed by atoms with Crippen LogP contribution in [0.2, 0.25) is 0 Å². The summed E-state index contributed by atoms with van der Waals surface area (Å²) in [5.41, 5.74) is 1.15. The van der Waals surface area contributed by atoms with Crippen molar-refractivity contribution in [3.05, 3.63) is 49.4 Å². The van der Waals surface area contributed by atoms with Gasteiger partial charge in [0.25, 0.3) is 0 Å². The van der Waals surface area contributed by atoms with Crippen molar-refractivity contribution in [1.29, 1.82) is 0 Å². The Bertz CT molecular complexity index is 187. The van der Waals surface area contributed by atoms with E-state index in [-0.39, 0.29) is 0 Å². The van der Waals surface area contributed by atoms with Gasteiger partial charge >= 0.3 is 0 Å². The van der Waals surface area contributed by atoms with Crippen LogP contribution in [0.5, 0.6) is 0 Å².